The minimum absolute atomic E-state index is 0.180. The van der Waals surface area contributed by atoms with Gasteiger partial charge in [-0.1, -0.05) is 42.5 Å². The van der Waals surface area contributed by atoms with E-state index in [1.54, 1.807) is 0 Å². The highest BCUT2D eigenvalue weighted by Gasteiger charge is 2.26. The Bertz CT molecular complexity index is 400. The number of rotatable bonds is 4. The number of carboxylic acids is 1. The summed E-state index contributed by atoms with van der Waals surface area (Å²) in [4.78, 5) is 13.0. The Morgan fingerprint density at radius 1 is 1.41 bits per heavy atom. The molecule has 1 aromatic carbocycles. The molecule has 3 heteroatoms. The maximum absolute atomic E-state index is 10.8. The lowest BCUT2D eigenvalue weighted by molar-refractivity contribution is -0.141. The molecule has 0 amide bonds. The molecule has 0 radical (unpaired) electrons. The Morgan fingerprint density at radius 3 is 2.82 bits per heavy atom. The summed E-state index contributed by atoms with van der Waals surface area (Å²) >= 11 is 0. The number of aliphatic carboxylic acids is 1. The van der Waals surface area contributed by atoms with Gasteiger partial charge in [-0.3, -0.25) is 9.69 Å². The second kappa shape index (κ2) is 5.64. The highest BCUT2D eigenvalue weighted by Crippen LogP contribution is 2.16. The fraction of sp³-hybridized carbons (Fsp3) is 0.357. The number of carboxylic acid groups (broad SMARTS) is 1. The SMILES string of the molecule is O=C(O)C1CCN(C/C=C/c2ccccc2)C1. The Balaban J connectivity index is 1.80. The van der Waals surface area contributed by atoms with E-state index in [9.17, 15) is 4.79 Å². The van der Waals surface area contributed by atoms with Crippen molar-refractivity contribution in [1.82, 2.24) is 4.90 Å². The van der Waals surface area contributed by atoms with Gasteiger partial charge < -0.3 is 5.11 Å². The second-order valence-electron chi connectivity index (χ2n) is 4.40. The van der Waals surface area contributed by atoms with Gasteiger partial charge in [0.2, 0.25) is 0 Å². The first-order chi connectivity index (χ1) is 8.25. The highest BCUT2D eigenvalue weighted by atomic mass is 16.4. The molecule has 0 aromatic heterocycles. The van der Waals surface area contributed by atoms with Gasteiger partial charge in [-0.05, 0) is 18.5 Å². The summed E-state index contributed by atoms with van der Waals surface area (Å²) in [7, 11) is 0. The predicted molar refractivity (Wildman–Crippen MR) is 67.7 cm³/mol. The molecule has 3 nitrogen and oxygen atoms in total. The summed E-state index contributed by atoms with van der Waals surface area (Å²) < 4.78 is 0. The van der Waals surface area contributed by atoms with Gasteiger partial charge in [0.15, 0.2) is 0 Å². The molecule has 1 saturated heterocycles. The lowest BCUT2D eigenvalue weighted by Gasteiger charge is -2.11. The van der Waals surface area contributed by atoms with Gasteiger partial charge in [-0.25, -0.2) is 0 Å². The van der Waals surface area contributed by atoms with Crippen molar-refractivity contribution in [1.29, 1.82) is 0 Å². The fourth-order valence-electron chi connectivity index (χ4n) is 2.10. The Morgan fingerprint density at radius 2 is 2.18 bits per heavy atom. The van der Waals surface area contributed by atoms with E-state index in [1.165, 1.54) is 5.56 Å². The second-order valence-corrected chi connectivity index (χ2v) is 4.40. The van der Waals surface area contributed by atoms with Crippen LogP contribution in [0.4, 0.5) is 0 Å². The lowest BCUT2D eigenvalue weighted by Crippen LogP contribution is -2.23. The third kappa shape index (κ3) is 3.43. The quantitative estimate of drug-likeness (QED) is 0.862. The van der Waals surface area contributed by atoms with Gasteiger partial charge >= 0.3 is 5.97 Å². The molecule has 1 aromatic rings. The van der Waals surface area contributed by atoms with E-state index in [0.29, 0.717) is 6.54 Å². The van der Waals surface area contributed by atoms with Crippen LogP contribution in [0.2, 0.25) is 0 Å². The standard InChI is InChI=1S/C14H17NO2/c16-14(17)13-8-10-15(11-13)9-4-7-12-5-2-1-3-6-12/h1-7,13H,8-11H2,(H,16,17)/b7-4+. The Labute approximate surface area is 101 Å². The van der Waals surface area contributed by atoms with Crippen LogP contribution in [0.5, 0.6) is 0 Å². The summed E-state index contributed by atoms with van der Waals surface area (Å²) in [5, 5.41) is 8.89. The van der Waals surface area contributed by atoms with Crippen molar-refractivity contribution in [2.75, 3.05) is 19.6 Å². The molecule has 1 aliphatic heterocycles. The molecule has 1 N–H and O–H groups in total. The van der Waals surface area contributed by atoms with Crippen LogP contribution >= 0.6 is 0 Å². The van der Waals surface area contributed by atoms with E-state index >= 15 is 0 Å². The number of likely N-dealkylation sites (tertiary alicyclic amines) is 1. The number of benzene rings is 1. The van der Waals surface area contributed by atoms with Crippen LogP contribution in [-0.2, 0) is 4.79 Å². The van der Waals surface area contributed by atoms with E-state index in [-0.39, 0.29) is 5.92 Å². The zero-order valence-electron chi connectivity index (χ0n) is 9.75. The van der Waals surface area contributed by atoms with Crippen LogP contribution < -0.4 is 0 Å². The first-order valence-electron chi connectivity index (χ1n) is 5.92. The average Bonchev–Trinajstić information content (AvgIpc) is 2.79. The molecule has 2 rings (SSSR count). The van der Waals surface area contributed by atoms with Crippen molar-refractivity contribution >= 4 is 12.0 Å². The average molecular weight is 231 g/mol. The van der Waals surface area contributed by atoms with Gasteiger partial charge in [0, 0.05) is 13.1 Å². The molecule has 1 aliphatic rings. The van der Waals surface area contributed by atoms with Crippen molar-refractivity contribution in [3.05, 3.63) is 42.0 Å². The van der Waals surface area contributed by atoms with Crippen LogP contribution in [0.3, 0.4) is 0 Å². The molecule has 1 heterocycles. The number of hydrogen-bond acceptors (Lipinski definition) is 2. The van der Waals surface area contributed by atoms with Crippen LogP contribution in [0.25, 0.3) is 6.08 Å². The van der Waals surface area contributed by atoms with Gasteiger partial charge in [0.25, 0.3) is 0 Å². The monoisotopic (exact) mass is 231 g/mol. The normalized spacial score (nSPS) is 21.1. The Kier molecular flexibility index (Phi) is 3.94. The van der Waals surface area contributed by atoms with Crippen molar-refractivity contribution in [3.8, 4) is 0 Å². The largest absolute Gasteiger partial charge is 0.481 e. The molecular formula is C14H17NO2. The summed E-state index contributed by atoms with van der Waals surface area (Å²) in [6, 6.07) is 10.1. The summed E-state index contributed by atoms with van der Waals surface area (Å²) in [6.07, 6.45) is 4.95. The van der Waals surface area contributed by atoms with Crippen molar-refractivity contribution in [3.63, 3.8) is 0 Å². The molecule has 1 unspecified atom stereocenters. The van der Waals surface area contributed by atoms with Crippen LogP contribution in [0.15, 0.2) is 36.4 Å². The number of hydrogen-bond donors (Lipinski definition) is 1. The zero-order valence-corrected chi connectivity index (χ0v) is 9.75. The minimum atomic E-state index is -0.667. The Hall–Kier alpha value is -1.61. The first-order valence-corrected chi connectivity index (χ1v) is 5.92. The number of carbonyl (C=O) groups is 1. The topological polar surface area (TPSA) is 40.5 Å². The van der Waals surface area contributed by atoms with Crippen LogP contribution in [-0.4, -0.2) is 35.6 Å². The van der Waals surface area contributed by atoms with E-state index in [4.69, 9.17) is 5.11 Å². The number of nitrogens with zero attached hydrogens (tertiary/aromatic N) is 1. The van der Waals surface area contributed by atoms with Gasteiger partial charge in [0.1, 0.15) is 0 Å². The molecule has 0 saturated carbocycles. The van der Waals surface area contributed by atoms with Crippen molar-refractivity contribution in [2.45, 2.75) is 6.42 Å². The first kappa shape index (κ1) is 11.9. The highest BCUT2D eigenvalue weighted by molar-refractivity contribution is 5.70. The summed E-state index contributed by atoms with van der Waals surface area (Å²) in [6.45, 7) is 2.39. The molecule has 0 bridgehead atoms. The van der Waals surface area contributed by atoms with Gasteiger partial charge in [-0.15, -0.1) is 0 Å². The minimum Gasteiger partial charge on any atom is -0.481 e. The molecule has 1 fully saturated rings. The maximum Gasteiger partial charge on any atom is 0.307 e. The van der Waals surface area contributed by atoms with E-state index in [1.807, 2.05) is 18.2 Å². The molecular weight excluding hydrogens is 214 g/mol. The van der Waals surface area contributed by atoms with Crippen molar-refractivity contribution < 1.29 is 9.90 Å². The van der Waals surface area contributed by atoms with E-state index in [0.717, 1.165) is 19.5 Å². The van der Waals surface area contributed by atoms with E-state index < -0.39 is 5.97 Å². The maximum atomic E-state index is 10.8. The molecule has 1 atom stereocenters. The van der Waals surface area contributed by atoms with Gasteiger partial charge in [-0.2, -0.15) is 0 Å². The molecule has 17 heavy (non-hydrogen) atoms. The molecule has 90 valence electrons. The van der Waals surface area contributed by atoms with Crippen LogP contribution in [0.1, 0.15) is 12.0 Å². The zero-order chi connectivity index (χ0) is 12.1. The summed E-state index contributed by atoms with van der Waals surface area (Å²) in [5.74, 6) is -0.848. The predicted octanol–water partition coefficient (Wildman–Crippen LogP) is 2.11. The van der Waals surface area contributed by atoms with Crippen LogP contribution in [0, 0.1) is 5.92 Å². The summed E-state index contributed by atoms with van der Waals surface area (Å²) in [5.41, 5.74) is 1.18. The fourth-order valence-corrected chi connectivity index (χ4v) is 2.10. The van der Waals surface area contributed by atoms with E-state index in [2.05, 4.69) is 29.2 Å². The lowest BCUT2D eigenvalue weighted by atomic mass is 10.1. The third-order valence-electron chi connectivity index (χ3n) is 3.10. The smallest absolute Gasteiger partial charge is 0.307 e. The third-order valence-corrected chi connectivity index (χ3v) is 3.10. The van der Waals surface area contributed by atoms with Gasteiger partial charge in [0.05, 0.1) is 5.92 Å². The molecule has 0 aliphatic carbocycles. The van der Waals surface area contributed by atoms with Crippen molar-refractivity contribution in [2.24, 2.45) is 5.92 Å². The molecule has 0 spiro atoms.